The maximum atomic E-state index is 12.9. The molecule has 0 bridgehead atoms. The topological polar surface area (TPSA) is 166 Å². The van der Waals surface area contributed by atoms with Crippen molar-refractivity contribution in [1.29, 1.82) is 0 Å². The van der Waals surface area contributed by atoms with Crippen LogP contribution in [0.4, 0.5) is 34.1 Å². The fourth-order valence-corrected chi connectivity index (χ4v) is 7.48. The monoisotopic (exact) mass is 806 g/mol. The predicted molar refractivity (Wildman–Crippen MR) is 238 cm³/mol. The first-order valence-corrected chi connectivity index (χ1v) is 20.1. The fraction of sp³-hybridized carbons (Fsp3) is 0.167. The summed E-state index contributed by atoms with van der Waals surface area (Å²) in [7, 11) is 0. The van der Waals surface area contributed by atoms with Gasteiger partial charge in [0, 0.05) is 35.0 Å². The van der Waals surface area contributed by atoms with E-state index in [2.05, 4.69) is 48.6 Å². The second kappa shape index (κ2) is 17.2. The Hall–Kier alpha value is -7.80. The van der Waals surface area contributed by atoms with Gasteiger partial charge in [-0.1, -0.05) is 17.7 Å². The zero-order chi connectivity index (χ0) is 41.7. The third-order valence-corrected chi connectivity index (χ3v) is 10.7. The minimum absolute atomic E-state index is 0.136. The van der Waals surface area contributed by atoms with Crippen LogP contribution in [0.5, 0.6) is 11.5 Å². The minimum Gasteiger partial charge on any atom is -0.457 e. The van der Waals surface area contributed by atoms with Gasteiger partial charge >= 0.3 is 0 Å². The molecule has 13 nitrogen and oxygen atoms in total. The molecular formula is C48H42N10O3. The van der Waals surface area contributed by atoms with Gasteiger partial charge in [-0.25, -0.2) is 0 Å². The molecule has 1 aliphatic carbocycles. The highest BCUT2D eigenvalue weighted by Crippen LogP contribution is 2.33. The van der Waals surface area contributed by atoms with Crippen molar-refractivity contribution < 1.29 is 14.3 Å². The number of hydrogen-bond acceptors (Lipinski definition) is 11. The number of aryl methyl sites for hydroxylation is 1. The van der Waals surface area contributed by atoms with Gasteiger partial charge in [0.1, 0.15) is 23.2 Å². The third kappa shape index (κ3) is 9.42. The molecule has 2 aliphatic heterocycles. The summed E-state index contributed by atoms with van der Waals surface area (Å²) in [5, 5.41) is 30.5. The highest BCUT2D eigenvalue weighted by Gasteiger charge is 2.43. The molecule has 9 rings (SSSR count). The summed E-state index contributed by atoms with van der Waals surface area (Å²) in [6.07, 6.45) is 1.80. The van der Waals surface area contributed by atoms with Crippen LogP contribution in [-0.2, 0) is 4.79 Å². The molecule has 6 aromatic carbocycles. The average Bonchev–Trinajstić information content (AvgIpc) is 3.90. The number of carbonyl (C=O) groups excluding carboxylic acids is 2. The number of nitrogens with one attached hydrogen (secondary N) is 4. The molecule has 4 atom stereocenters. The highest BCUT2D eigenvalue weighted by molar-refractivity contribution is 6.04. The summed E-state index contributed by atoms with van der Waals surface area (Å²) < 4.78 is 5.88. The van der Waals surface area contributed by atoms with Crippen LogP contribution in [0.25, 0.3) is 0 Å². The summed E-state index contributed by atoms with van der Waals surface area (Å²) >= 11 is 0. The number of aliphatic imine (C=N–C) groups is 2. The molecule has 2 amide bonds. The van der Waals surface area contributed by atoms with Crippen molar-refractivity contribution in [2.45, 2.75) is 50.9 Å². The number of hydrogen-bond donors (Lipinski definition) is 4. The smallest absolute Gasteiger partial charge is 0.255 e. The van der Waals surface area contributed by atoms with Gasteiger partial charge in [-0.15, -0.1) is 0 Å². The van der Waals surface area contributed by atoms with Crippen molar-refractivity contribution in [3.63, 3.8) is 0 Å². The number of azo groups is 2. The quantitative estimate of drug-likeness (QED) is 0.0955. The lowest BCUT2D eigenvalue weighted by atomic mass is 9.85. The Bertz CT molecular complexity index is 2660. The van der Waals surface area contributed by atoms with Gasteiger partial charge in [-0.05, 0) is 153 Å². The van der Waals surface area contributed by atoms with E-state index in [1.165, 1.54) is 12.5 Å². The van der Waals surface area contributed by atoms with Crippen molar-refractivity contribution in [2.24, 2.45) is 30.4 Å². The van der Waals surface area contributed by atoms with Crippen LogP contribution < -0.4 is 26.0 Å². The zero-order valence-corrected chi connectivity index (χ0v) is 33.5. The third-order valence-electron chi connectivity index (χ3n) is 10.7. The SMILES string of the molecule is CC(=O)Nc1ccc(Oc2ccc(NC(=O)c3ccc(N=Nc4ccc(C5=NC6CC7N=C(c8ccc(N=Nc9ccc(C)cc9)cc8)NC7CC6N5)cc4)cc3)cc2)cc1. The molecule has 3 aliphatic rings. The average molecular weight is 807 g/mol. The molecule has 1 fully saturated rings. The standard InChI is InChI=1S/C48H42N10O3/c1-29-3-11-36(12-4-29)55-56-37-13-5-31(6-14-37)46-51-42-27-44-45(28-43(42)52-46)54-47(53-44)32-7-15-38(16-8-32)57-58-39-17-9-33(10-18-39)48(60)50-35-21-25-41(26-22-35)61-40-23-19-34(20-24-40)49-30(2)59/h3-26,42-45H,27-28H2,1-2H3,(H,49,59)(H,50,60)(H,51,52)(H,53,54). The molecule has 2 heterocycles. The summed E-state index contributed by atoms with van der Waals surface area (Å²) in [5.74, 6) is 2.66. The summed E-state index contributed by atoms with van der Waals surface area (Å²) in [6.45, 7) is 3.51. The Labute approximate surface area is 352 Å². The summed E-state index contributed by atoms with van der Waals surface area (Å²) in [6, 6.07) is 45.8. The Morgan fingerprint density at radius 3 is 1.39 bits per heavy atom. The zero-order valence-electron chi connectivity index (χ0n) is 33.5. The first-order valence-electron chi connectivity index (χ1n) is 20.1. The first kappa shape index (κ1) is 38.7. The maximum absolute atomic E-state index is 12.9. The first-order chi connectivity index (χ1) is 29.8. The number of rotatable bonds is 11. The van der Waals surface area contributed by atoms with Crippen molar-refractivity contribution >= 4 is 57.6 Å². The van der Waals surface area contributed by atoms with Gasteiger partial charge in [0.2, 0.25) is 5.91 Å². The van der Waals surface area contributed by atoms with E-state index in [-0.39, 0.29) is 36.0 Å². The normalized spacial score (nSPS) is 19.0. The van der Waals surface area contributed by atoms with Crippen LogP contribution in [0.15, 0.2) is 176 Å². The van der Waals surface area contributed by atoms with E-state index >= 15 is 0 Å². The summed E-state index contributed by atoms with van der Waals surface area (Å²) in [4.78, 5) is 34.3. The molecule has 0 radical (unpaired) electrons. The molecule has 302 valence electrons. The van der Waals surface area contributed by atoms with Crippen LogP contribution in [0.3, 0.4) is 0 Å². The van der Waals surface area contributed by atoms with Gasteiger partial charge in [0.05, 0.1) is 46.9 Å². The minimum atomic E-state index is -0.248. The number of amidine groups is 2. The fourth-order valence-electron chi connectivity index (χ4n) is 7.48. The van der Waals surface area contributed by atoms with Gasteiger partial charge in [-0.3, -0.25) is 19.6 Å². The van der Waals surface area contributed by atoms with Crippen molar-refractivity contribution in [1.82, 2.24) is 10.6 Å². The molecule has 6 aromatic rings. The van der Waals surface area contributed by atoms with Gasteiger partial charge in [0.15, 0.2) is 0 Å². The van der Waals surface area contributed by atoms with Crippen LogP contribution in [-0.4, -0.2) is 47.7 Å². The van der Waals surface area contributed by atoms with E-state index < -0.39 is 0 Å². The number of nitrogens with zero attached hydrogens (tertiary/aromatic N) is 6. The van der Waals surface area contributed by atoms with Gasteiger partial charge in [-0.2, -0.15) is 20.5 Å². The van der Waals surface area contributed by atoms with E-state index in [9.17, 15) is 9.59 Å². The van der Waals surface area contributed by atoms with Crippen LogP contribution in [0.2, 0.25) is 0 Å². The lowest BCUT2D eigenvalue weighted by molar-refractivity contribution is -0.114. The number of amides is 2. The van der Waals surface area contributed by atoms with Crippen molar-refractivity contribution in [2.75, 3.05) is 10.6 Å². The Morgan fingerprint density at radius 1 is 0.541 bits per heavy atom. The molecule has 0 saturated heterocycles. The van der Waals surface area contributed by atoms with Crippen molar-refractivity contribution in [3.8, 4) is 11.5 Å². The number of benzene rings is 6. The molecule has 0 spiro atoms. The van der Waals surface area contributed by atoms with E-state index in [4.69, 9.17) is 14.7 Å². The Balaban J connectivity index is 0.748. The summed E-state index contributed by atoms with van der Waals surface area (Å²) in [5.41, 5.74) is 8.00. The molecule has 61 heavy (non-hydrogen) atoms. The highest BCUT2D eigenvalue weighted by atomic mass is 16.5. The van der Waals surface area contributed by atoms with Crippen molar-refractivity contribution in [3.05, 3.63) is 168 Å². The van der Waals surface area contributed by atoms with E-state index in [1.807, 2.05) is 72.8 Å². The second-order valence-electron chi connectivity index (χ2n) is 15.2. The van der Waals surface area contributed by atoms with Crippen LogP contribution in [0.1, 0.15) is 46.8 Å². The number of carbonyl (C=O) groups is 2. The van der Waals surface area contributed by atoms with E-state index in [1.54, 1.807) is 72.8 Å². The lowest BCUT2D eigenvalue weighted by Gasteiger charge is -2.32. The molecule has 1 saturated carbocycles. The van der Waals surface area contributed by atoms with Gasteiger partial charge < -0.3 is 26.0 Å². The van der Waals surface area contributed by atoms with Crippen LogP contribution in [0, 0.1) is 6.92 Å². The second-order valence-corrected chi connectivity index (χ2v) is 15.2. The predicted octanol–water partition coefficient (Wildman–Crippen LogP) is 10.5. The molecule has 0 aromatic heterocycles. The number of ether oxygens (including phenoxy) is 1. The maximum Gasteiger partial charge on any atom is 0.255 e. The van der Waals surface area contributed by atoms with E-state index in [0.717, 1.165) is 47.0 Å². The Kier molecular flexibility index (Phi) is 10.9. The van der Waals surface area contributed by atoms with Gasteiger partial charge in [0.25, 0.3) is 5.91 Å². The molecular weight excluding hydrogens is 765 g/mol. The molecule has 13 heteroatoms. The number of fused-ring (bicyclic) bond motifs is 2. The largest absolute Gasteiger partial charge is 0.457 e. The number of anilines is 2. The Morgan fingerprint density at radius 2 is 0.951 bits per heavy atom. The lowest BCUT2D eigenvalue weighted by Crippen LogP contribution is -2.50. The molecule has 4 unspecified atom stereocenters. The molecule has 4 N–H and O–H groups in total. The van der Waals surface area contributed by atoms with Crippen LogP contribution >= 0.6 is 0 Å². The van der Waals surface area contributed by atoms with E-state index in [0.29, 0.717) is 39.8 Å².